The van der Waals surface area contributed by atoms with Gasteiger partial charge in [0, 0.05) is 11.4 Å². The van der Waals surface area contributed by atoms with Gasteiger partial charge in [0.15, 0.2) is 13.2 Å². The normalized spacial score (nSPS) is 12.5. The number of amides is 2. The van der Waals surface area contributed by atoms with Crippen LogP contribution >= 0.6 is 0 Å². The zero-order valence-electron chi connectivity index (χ0n) is 28.8. The lowest BCUT2D eigenvalue weighted by Crippen LogP contribution is -2.23. The Bertz CT molecular complexity index is 1350. The maximum Gasteiger partial charge on any atom is 0.262 e. The molecule has 0 atom stereocenters. The molecule has 0 fully saturated rings. The highest BCUT2D eigenvalue weighted by atomic mass is 16.5. The van der Waals surface area contributed by atoms with E-state index in [2.05, 4.69) is 118 Å². The van der Waals surface area contributed by atoms with E-state index in [1.807, 2.05) is 12.1 Å². The van der Waals surface area contributed by atoms with E-state index in [0.29, 0.717) is 22.9 Å². The summed E-state index contributed by atoms with van der Waals surface area (Å²) < 4.78 is 11.9. The minimum Gasteiger partial charge on any atom is -0.483 e. The molecule has 0 radical (unpaired) electrons. The molecule has 0 saturated carbocycles. The fourth-order valence-electron chi connectivity index (χ4n) is 4.73. The highest BCUT2D eigenvalue weighted by Crippen LogP contribution is 2.37. The summed E-state index contributed by atoms with van der Waals surface area (Å²) in [5.74, 6) is 0.894. The molecule has 3 aromatic rings. The van der Waals surface area contributed by atoms with Crippen molar-refractivity contribution in [3.05, 3.63) is 82.9 Å². The Balaban J connectivity index is 1.57. The number of rotatable bonds is 8. The topological polar surface area (TPSA) is 76.7 Å². The minimum absolute atomic E-state index is 0.0166. The Morgan fingerprint density at radius 2 is 0.818 bits per heavy atom. The molecular formula is C38H52N2O4. The number of hydrogen-bond donors (Lipinski definition) is 2. The average Bonchev–Trinajstić information content (AvgIpc) is 2.89. The molecule has 6 heteroatoms. The number of carbonyl (C=O) groups is 2. The molecule has 6 nitrogen and oxygen atoms in total. The first-order chi connectivity index (χ1) is 20.1. The Morgan fingerprint density at radius 3 is 1.09 bits per heavy atom. The molecule has 0 saturated heterocycles. The third-order valence-corrected chi connectivity index (χ3v) is 7.48. The van der Waals surface area contributed by atoms with Gasteiger partial charge in [0.2, 0.25) is 0 Å². The van der Waals surface area contributed by atoms with E-state index in [1.165, 1.54) is 11.1 Å². The van der Waals surface area contributed by atoms with Crippen molar-refractivity contribution < 1.29 is 19.1 Å². The first-order valence-corrected chi connectivity index (χ1v) is 15.4. The van der Waals surface area contributed by atoms with Gasteiger partial charge < -0.3 is 20.1 Å². The van der Waals surface area contributed by atoms with E-state index in [4.69, 9.17) is 9.47 Å². The Morgan fingerprint density at radius 1 is 0.500 bits per heavy atom. The molecular weight excluding hydrogens is 548 g/mol. The van der Waals surface area contributed by atoms with Crippen molar-refractivity contribution in [1.29, 1.82) is 0 Å². The molecule has 0 spiro atoms. The first-order valence-electron chi connectivity index (χ1n) is 15.4. The van der Waals surface area contributed by atoms with Crippen molar-refractivity contribution in [2.24, 2.45) is 0 Å². The van der Waals surface area contributed by atoms with Crippen molar-refractivity contribution in [3.63, 3.8) is 0 Å². The van der Waals surface area contributed by atoms with E-state index in [9.17, 15) is 9.59 Å². The fraction of sp³-hybridized carbons (Fsp3) is 0.474. The van der Waals surface area contributed by atoms with Gasteiger partial charge in [-0.3, -0.25) is 9.59 Å². The van der Waals surface area contributed by atoms with Crippen molar-refractivity contribution in [2.45, 2.75) is 105 Å². The smallest absolute Gasteiger partial charge is 0.262 e. The molecule has 0 unspecified atom stereocenters. The number of nitrogens with one attached hydrogen (secondary N) is 2. The molecule has 0 aliphatic rings. The summed E-state index contributed by atoms with van der Waals surface area (Å²) in [4.78, 5) is 25.4. The van der Waals surface area contributed by atoms with Gasteiger partial charge in [-0.05, 0) is 80.3 Å². The summed E-state index contributed by atoms with van der Waals surface area (Å²) in [7, 11) is 0. The molecule has 3 aromatic carbocycles. The first kappa shape index (κ1) is 34.7. The molecule has 0 heterocycles. The largest absolute Gasteiger partial charge is 0.483 e. The molecule has 0 bridgehead atoms. The lowest BCUT2D eigenvalue weighted by atomic mass is 9.80. The molecule has 0 aliphatic heterocycles. The monoisotopic (exact) mass is 600 g/mol. The standard InChI is InChI=1S/C38H52N2O4/c1-35(2,3)25-13-19-31(29(21-25)37(7,8)9)43-23-33(41)39-27-15-17-28(18-16-27)40-34(42)24-44-32-20-14-26(36(4,5)6)22-30(32)38(10,11)12/h13-22H,23-24H2,1-12H3,(H,39,41)(H,40,42). The summed E-state index contributed by atoms with van der Waals surface area (Å²) in [5, 5.41) is 5.73. The van der Waals surface area contributed by atoms with E-state index in [1.54, 1.807) is 24.3 Å². The van der Waals surface area contributed by atoms with Crippen LogP contribution in [0.15, 0.2) is 60.7 Å². The van der Waals surface area contributed by atoms with Gasteiger partial charge in [0.05, 0.1) is 0 Å². The summed E-state index contributed by atoms with van der Waals surface area (Å²) in [5.41, 5.74) is 5.57. The second kappa shape index (κ2) is 13.1. The number of benzene rings is 3. The van der Waals surface area contributed by atoms with E-state index < -0.39 is 0 Å². The van der Waals surface area contributed by atoms with Gasteiger partial charge in [-0.15, -0.1) is 0 Å². The van der Waals surface area contributed by atoms with Crippen LogP contribution in [0.1, 0.15) is 105 Å². The third kappa shape index (κ3) is 9.60. The Hall–Kier alpha value is -3.80. The Labute approximate surface area is 264 Å². The summed E-state index contributed by atoms with van der Waals surface area (Å²) >= 11 is 0. The molecule has 0 aliphatic carbocycles. The zero-order valence-corrected chi connectivity index (χ0v) is 28.8. The fourth-order valence-corrected chi connectivity index (χ4v) is 4.73. The molecule has 2 N–H and O–H groups in total. The van der Waals surface area contributed by atoms with Gasteiger partial charge in [0.25, 0.3) is 11.8 Å². The molecule has 2 amide bonds. The zero-order chi connectivity index (χ0) is 33.1. The highest BCUT2D eigenvalue weighted by molar-refractivity contribution is 5.94. The van der Waals surface area contributed by atoms with Crippen LogP contribution in [0, 0.1) is 0 Å². The number of ether oxygens (including phenoxy) is 2. The number of anilines is 2. The van der Waals surface area contributed by atoms with Crippen LogP contribution in [0.25, 0.3) is 0 Å². The quantitative estimate of drug-likeness (QED) is 0.271. The lowest BCUT2D eigenvalue weighted by molar-refractivity contribution is -0.118. The molecule has 0 aromatic heterocycles. The van der Waals surface area contributed by atoms with Gasteiger partial charge >= 0.3 is 0 Å². The van der Waals surface area contributed by atoms with Crippen molar-refractivity contribution in [1.82, 2.24) is 0 Å². The summed E-state index contributed by atoms with van der Waals surface area (Å²) in [6.07, 6.45) is 0. The van der Waals surface area contributed by atoms with Crippen LogP contribution in [0.4, 0.5) is 11.4 Å². The van der Waals surface area contributed by atoms with Crippen molar-refractivity contribution >= 4 is 23.2 Å². The second-order valence-electron chi connectivity index (χ2n) is 15.7. The predicted octanol–water partition coefficient (Wildman–Crippen LogP) is 8.91. The van der Waals surface area contributed by atoms with Crippen LogP contribution in [-0.2, 0) is 31.2 Å². The van der Waals surface area contributed by atoms with Crippen molar-refractivity contribution in [3.8, 4) is 11.5 Å². The SMILES string of the molecule is CC(C)(C)c1ccc(OCC(=O)Nc2ccc(NC(=O)COc3ccc(C(C)(C)C)cc3C(C)(C)C)cc2)c(C(C)(C)C)c1. The number of hydrogen-bond acceptors (Lipinski definition) is 4. The van der Waals surface area contributed by atoms with Crippen LogP contribution in [0.5, 0.6) is 11.5 Å². The highest BCUT2D eigenvalue weighted by Gasteiger charge is 2.25. The second-order valence-corrected chi connectivity index (χ2v) is 15.7. The van der Waals surface area contributed by atoms with E-state index >= 15 is 0 Å². The average molecular weight is 601 g/mol. The van der Waals surface area contributed by atoms with Crippen LogP contribution in [0.3, 0.4) is 0 Å². The van der Waals surface area contributed by atoms with Crippen LogP contribution in [0.2, 0.25) is 0 Å². The Kier molecular flexibility index (Phi) is 10.3. The van der Waals surface area contributed by atoms with E-state index in [0.717, 1.165) is 11.1 Å². The molecule has 3 rings (SSSR count). The molecule has 238 valence electrons. The van der Waals surface area contributed by atoms with Gasteiger partial charge in [-0.25, -0.2) is 0 Å². The van der Waals surface area contributed by atoms with Gasteiger partial charge in [0.1, 0.15) is 11.5 Å². The van der Waals surface area contributed by atoms with Gasteiger partial charge in [-0.2, -0.15) is 0 Å². The maximum atomic E-state index is 12.7. The number of carbonyl (C=O) groups excluding carboxylic acids is 2. The van der Waals surface area contributed by atoms with Crippen LogP contribution in [-0.4, -0.2) is 25.0 Å². The molecule has 44 heavy (non-hydrogen) atoms. The van der Waals surface area contributed by atoms with E-state index in [-0.39, 0.29) is 46.7 Å². The van der Waals surface area contributed by atoms with Gasteiger partial charge in [-0.1, -0.05) is 107 Å². The van der Waals surface area contributed by atoms with Crippen molar-refractivity contribution in [2.75, 3.05) is 23.8 Å². The predicted molar refractivity (Wildman–Crippen MR) is 182 cm³/mol. The maximum absolute atomic E-state index is 12.7. The third-order valence-electron chi connectivity index (χ3n) is 7.48. The summed E-state index contributed by atoms with van der Waals surface area (Å²) in [6, 6.07) is 19.4. The lowest BCUT2D eigenvalue weighted by Gasteiger charge is -2.27. The van der Waals surface area contributed by atoms with Crippen LogP contribution < -0.4 is 20.1 Å². The summed E-state index contributed by atoms with van der Waals surface area (Å²) in [6.45, 7) is 25.7. The minimum atomic E-state index is -0.262.